The van der Waals surface area contributed by atoms with Crippen LogP contribution >= 0.6 is 23.5 Å². The van der Waals surface area contributed by atoms with Gasteiger partial charge in [-0.25, -0.2) is 19.2 Å². The Kier molecular flexibility index (Phi) is 32.4. The molecule has 0 aromatic heterocycles. The monoisotopic (exact) mass is 1970 g/mol. The van der Waals surface area contributed by atoms with Gasteiger partial charge in [-0.2, -0.15) is 10.5 Å². The van der Waals surface area contributed by atoms with Gasteiger partial charge in [0.2, 0.25) is 13.6 Å². The number of carboxylic acids is 1. The molecule has 4 fully saturated rings. The van der Waals surface area contributed by atoms with Gasteiger partial charge >= 0.3 is 36.2 Å². The van der Waals surface area contributed by atoms with E-state index < -0.39 is 111 Å². The lowest BCUT2D eigenvalue weighted by molar-refractivity contribution is -0.158. The Morgan fingerprint density at radius 3 is 1.31 bits per heavy atom. The molecule has 14 heterocycles. The zero-order chi connectivity index (χ0) is 98.1. The van der Waals surface area contributed by atoms with E-state index in [1.54, 1.807) is 79.8 Å². The average Bonchev–Trinajstić information content (AvgIpc) is 1.16. The minimum Gasteiger partial charge on any atom is -0.507 e. The summed E-state index contributed by atoms with van der Waals surface area (Å²) in [6.07, 6.45) is 11.0. The second-order valence-electron chi connectivity index (χ2n) is 39.3. The third-order valence-corrected chi connectivity index (χ3v) is 31.7. The van der Waals surface area contributed by atoms with Gasteiger partial charge in [0.1, 0.15) is 48.0 Å². The lowest BCUT2D eigenvalue weighted by Crippen LogP contribution is -2.69. The second kappa shape index (κ2) is 42.6. The molecule has 2 unspecified atom stereocenters. The predicted octanol–water partition coefficient (Wildman–Crippen LogP) is 17.7. The Morgan fingerprint density at radius 1 is 0.493 bits per heavy atom. The van der Waals surface area contributed by atoms with E-state index in [1.165, 1.54) is 64.1 Å². The Bertz CT molecular complexity index is 5830. The van der Waals surface area contributed by atoms with E-state index in [2.05, 4.69) is 56.2 Å². The number of carbonyl (C=O) groups excluding carboxylic acids is 5. The molecule has 0 aliphatic carbocycles. The molecule has 35 heteroatoms. The quantitative estimate of drug-likeness (QED) is 0.0144. The van der Waals surface area contributed by atoms with Crippen LogP contribution in [-0.2, 0) is 74.9 Å². The summed E-state index contributed by atoms with van der Waals surface area (Å²) in [5, 5.41) is 73.3. The van der Waals surface area contributed by atoms with Crippen LogP contribution in [0, 0.1) is 50.4 Å². The molecule has 14 aliphatic rings. The minimum atomic E-state index is -1.45. The SMILES string of the molecule is C.C.C.CCCCCCCC(=O)O.CCCCCCCC(=O)Oc1c(C)c2c(c3c1[C@H]1SC[C@]4(NCCc5cc(OC(=O)OC(C)(C)C)c(OC)cc54)C(=O)OC[C@@H]3N3C1[C@H]1c4c(cc(C)c(OC)c4O)C[C@@H]([C@@H]3C#N)N1C)OCO2.COc1cc2c(cc1OC(=O)OC(C)(C)C)CCN[C@]21CS[C@@H]2c3c(O)c(C)c4c(c3[C@H](COC1=O)N1C2[C@H]2c3c(cc(C)c(OC)c3O)C[C@@H]([C@@H]1C#N)N2C)OCO4. The van der Waals surface area contributed by atoms with Gasteiger partial charge in [-0.15, -0.1) is 23.5 Å². The van der Waals surface area contributed by atoms with E-state index in [4.69, 9.17) is 76.2 Å². The van der Waals surface area contributed by atoms with Crippen LogP contribution in [0.2, 0.25) is 0 Å². The number of piperazine rings is 2. The Balaban J connectivity index is 0.000000212. The number of phenolic OH excluding ortho intramolecular Hbond substituents is 3. The first-order valence-electron chi connectivity index (χ1n) is 47.4. The molecule has 14 atom stereocenters. The number of fused-ring (bicyclic) bond motifs is 18. The number of methoxy groups -OCH3 is 4. The first-order valence-corrected chi connectivity index (χ1v) is 49.5. The van der Waals surface area contributed by atoms with Crippen LogP contribution in [0.4, 0.5) is 9.59 Å². The van der Waals surface area contributed by atoms with E-state index in [0.717, 1.165) is 71.9 Å². The molecular weight excluding hydrogens is 1840 g/mol. The highest BCUT2D eigenvalue weighted by Gasteiger charge is 2.65. The number of benzene rings is 6. The summed E-state index contributed by atoms with van der Waals surface area (Å²) in [5.74, 6) is 1.83. The van der Waals surface area contributed by atoms with Crippen molar-refractivity contribution in [3.05, 3.63) is 125 Å². The Morgan fingerprint density at radius 2 is 0.900 bits per heavy atom. The zero-order valence-corrected chi connectivity index (χ0v) is 82.9. The number of aryl methyl sites for hydroxylation is 2. The molecule has 6 aromatic carbocycles. The predicted molar refractivity (Wildman–Crippen MR) is 526 cm³/mol. The molecular formula is C105H138N8O25S2. The van der Waals surface area contributed by atoms with Crippen LogP contribution in [-0.4, -0.2) is 218 Å². The normalized spacial score (nSPS) is 25.0. The number of carboxylic acid groups (broad SMARTS) is 1. The van der Waals surface area contributed by atoms with Crippen molar-refractivity contribution in [2.75, 3.05) is 93.9 Å². The van der Waals surface area contributed by atoms with Gasteiger partial charge in [-0.05, 0) is 191 Å². The Labute approximate surface area is 829 Å². The summed E-state index contributed by atoms with van der Waals surface area (Å²) in [4.78, 5) is 88.7. The smallest absolute Gasteiger partial charge is 0.507 e. The van der Waals surface area contributed by atoms with Crippen LogP contribution in [0.25, 0.3) is 0 Å². The Hall–Kier alpha value is -11.0. The molecule has 6 aromatic rings. The number of aromatic hydroxyl groups is 3. The van der Waals surface area contributed by atoms with E-state index in [0.29, 0.717) is 147 Å². The number of ether oxygens (including phenoxy) is 15. The van der Waals surface area contributed by atoms with Crippen LogP contribution < -0.4 is 62.7 Å². The van der Waals surface area contributed by atoms with Crippen molar-refractivity contribution in [3.8, 4) is 92.6 Å². The van der Waals surface area contributed by atoms with Gasteiger partial charge in [0.05, 0.1) is 75.2 Å². The molecule has 33 nitrogen and oxygen atoms in total. The van der Waals surface area contributed by atoms with E-state index in [-0.39, 0.29) is 125 Å². The number of carbonyl (C=O) groups is 6. The summed E-state index contributed by atoms with van der Waals surface area (Å²) in [6, 6.07) is 10.6. The number of nitriles is 2. The molecule has 14 aliphatic heterocycles. The van der Waals surface area contributed by atoms with Crippen molar-refractivity contribution in [2.45, 2.75) is 301 Å². The number of hydrogen-bond acceptors (Lipinski definition) is 34. The lowest BCUT2D eigenvalue weighted by atomic mass is 9.71. The van der Waals surface area contributed by atoms with Crippen molar-refractivity contribution in [1.82, 2.24) is 30.2 Å². The van der Waals surface area contributed by atoms with Gasteiger partial charge in [0.15, 0.2) is 80.1 Å². The maximum Gasteiger partial charge on any atom is 0.514 e. The number of phenols is 3. The molecule has 0 saturated carbocycles. The summed E-state index contributed by atoms with van der Waals surface area (Å²) >= 11 is 2.94. The second-order valence-corrected chi connectivity index (χ2v) is 41.6. The van der Waals surface area contributed by atoms with Crippen molar-refractivity contribution < 1.29 is 120 Å². The zero-order valence-electron chi connectivity index (χ0n) is 81.2. The number of aliphatic carboxylic acids is 1. The van der Waals surface area contributed by atoms with Crippen LogP contribution in [0.15, 0.2) is 36.4 Å². The largest absolute Gasteiger partial charge is 0.514 e. The topological polar surface area (TPSA) is 406 Å². The molecule has 0 amide bonds. The van der Waals surface area contributed by atoms with Crippen molar-refractivity contribution in [1.29, 1.82) is 10.5 Å². The van der Waals surface area contributed by atoms with Gasteiger partial charge in [-0.1, -0.05) is 99.6 Å². The third-order valence-electron chi connectivity index (χ3n) is 28.7. The molecule has 760 valence electrons. The summed E-state index contributed by atoms with van der Waals surface area (Å²) < 4.78 is 89.7. The fourth-order valence-electron chi connectivity index (χ4n) is 22.7. The van der Waals surface area contributed by atoms with Gasteiger partial charge in [0.25, 0.3) is 0 Å². The molecule has 4 saturated heterocycles. The van der Waals surface area contributed by atoms with Crippen molar-refractivity contribution in [3.63, 3.8) is 0 Å². The first kappa shape index (κ1) is 106. The highest BCUT2D eigenvalue weighted by molar-refractivity contribution is 7.99. The van der Waals surface area contributed by atoms with E-state index in [1.807, 2.05) is 47.0 Å². The maximum absolute atomic E-state index is 15.2. The van der Waals surface area contributed by atoms with Crippen LogP contribution in [0.3, 0.4) is 0 Å². The first-order chi connectivity index (χ1) is 65.5. The van der Waals surface area contributed by atoms with Gasteiger partial charge in [-0.3, -0.25) is 39.8 Å². The third kappa shape index (κ3) is 19.1. The number of thioether (sulfide) groups is 2. The number of rotatable bonds is 19. The number of esters is 3. The van der Waals surface area contributed by atoms with Crippen molar-refractivity contribution in [2.24, 2.45) is 0 Å². The highest BCUT2D eigenvalue weighted by atomic mass is 32.2. The minimum absolute atomic E-state index is 0. The molecule has 20 rings (SSSR count). The average molecular weight is 1980 g/mol. The summed E-state index contributed by atoms with van der Waals surface area (Å²) in [7, 11) is 9.98. The fraction of sp³-hybridized carbons (Fsp3) is 0.581. The van der Waals surface area contributed by atoms with Crippen LogP contribution in [0.5, 0.6) is 80.5 Å². The summed E-state index contributed by atoms with van der Waals surface area (Å²) in [6.45, 7) is 22.5. The summed E-state index contributed by atoms with van der Waals surface area (Å²) in [5.41, 5.74) is 6.75. The molecule has 2 spiro atoms. The number of likely N-dealkylation sites (N-methyl/N-ethyl adjacent to an activating group) is 2. The van der Waals surface area contributed by atoms with Crippen molar-refractivity contribution >= 4 is 59.7 Å². The van der Waals surface area contributed by atoms with E-state index >= 15 is 4.79 Å². The van der Waals surface area contributed by atoms with Gasteiger partial charge < -0.3 is 91.5 Å². The number of unbranched alkanes of at least 4 members (excludes halogenated alkanes) is 8. The standard InChI is InChI=1S/C51H62N4O12S.C43H48N4O11S.C8H16O2.3CH4/c1-10-11-12-13-14-15-36(56)66-44-27(3)45-46(64-25-63-45)38-33-23-62-48(58)51(30-21-34(60-8)35(20-28(30)16-17-53-51)65-49(59)67-50(4,5)6)24-68-47(39(38)44)41-40-37-29(18-26(2)43(61-9)42(37)57)19-31(54(40)7)32(22-52)55(33)41;1-19-11-22-12-24-25(15-44)47-26-16-54-40(50)43(23-14-27(52-7)28(13-21(23)9-10-45-43)57-41(51)58-42(3,4)5)17-59-39(31-30(26)38-37(55-18-56-38)20(2)34(31)48)33(47)32(46(24)6)29(22)35(49)36(19)53-8;1-2-3-4-5-6-7-8(9)10;;;/h18,20-21,31-33,40-41,47,53,57H,10-17,19,23-25H2,1-9H3;11,13-14,24-26,32-33,39,45,48-49H,9-10,12,16-18H2,1-8H3;2-7H2,1H3,(H,9,10);3*1H4/t31-,32-,33-,40+,41?,47+,51+;24-,25-,26-,32+,33?,39+,43+;;;;/m00..../s1. The van der Waals surface area contributed by atoms with Gasteiger partial charge in [0, 0.05) is 106 Å². The number of nitrogens with zero attached hydrogens (tertiary/aromatic N) is 6. The lowest BCUT2D eigenvalue weighted by Gasteiger charge is -2.62. The van der Waals surface area contributed by atoms with Crippen LogP contribution in [0.1, 0.15) is 278 Å². The maximum atomic E-state index is 15.2. The highest BCUT2D eigenvalue weighted by Crippen LogP contribution is 2.68. The number of hydrogen-bond donors (Lipinski definition) is 6. The van der Waals surface area contributed by atoms with E-state index in [9.17, 15) is 49.8 Å². The number of nitrogens with one attached hydrogen (secondary N) is 2. The molecule has 0 radical (unpaired) electrons. The molecule has 140 heavy (non-hydrogen) atoms. The molecule has 6 N–H and O–H groups in total. The molecule has 8 bridgehead atoms. The fourth-order valence-corrected chi connectivity index (χ4v) is 26.1.